The van der Waals surface area contributed by atoms with E-state index in [0.717, 1.165) is 28.7 Å². The number of nitrogens with zero attached hydrogens (tertiary/aromatic N) is 2. The summed E-state index contributed by atoms with van der Waals surface area (Å²) in [5.41, 5.74) is 7.06. The Kier molecular flexibility index (Phi) is 6.20. The van der Waals surface area contributed by atoms with Gasteiger partial charge in [0.25, 0.3) is 11.8 Å². The molecule has 0 aromatic heterocycles. The van der Waals surface area contributed by atoms with Crippen LogP contribution >= 0.6 is 0 Å². The Morgan fingerprint density at radius 1 is 0.868 bits per heavy atom. The summed E-state index contributed by atoms with van der Waals surface area (Å²) in [4.78, 5) is 32.2. The van der Waals surface area contributed by atoms with Crippen molar-refractivity contribution in [2.45, 2.75) is 43.1 Å². The average molecular weight is 521 g/mol. The molecule has 0 saturated carbocycles. The molecule has 2 aliphatic rings. The molecule has 0 saturated heterocycles. The summed E-state index contributed by atoms with van der Waals surface area (Å²) in [6.07, 6.45) is 0.809. The Bertz CT molecular complexity index is 1630. The third kappa shape index (κ3) is 4.25. The zero-order chi connectivity index (χ0) is 26.4. The summed E-state index contributed by atoms with van der Waals surface area (Å²) in [5, 5.41) is 0. The molecule has 6 heteroatoms. The molecule has 38 heavy (non-hydrogen) atoms. The van der Waals surface area contributed by atoms with E-state index in [9.17, 15) is 13.8 Å². The number of fused-ring (bicyclic) bond motifs is 3. The van der Waals surface area contributed by atoms with Gasteiger partial charge in [0, 0.05) is 18.7 Å². The molecule has 190 valence electrons. The van der Waals surface area contributed by atoms with E-state index in [1.54, 1.807) is 47.4 Å². The third-order valence-electron chi connectivity index (χ3n) is 7.51. The summed E-state index contributed by atoms with van der Waals surface area (Å²) >= 11 is 0. The topological polar surface area (TPSA) is 57.7 Å². The van der Waals surface area contributed by atoms with Crippen molar-refractivity contribution in [2.24, 2.45) is 0 Å². The molecule has 5 nitrogen and oxygen atoms in total. The fraction of sp³-hybridized carbons (Fsp3) is 0.188. The van der Waals surface area contributed by atoms with Gasteiger partial charge >= 0.3 is 0 Å². The van der Waals surface area contributed by atoms with E-state index < -0.39 is 10.8 Å². The van der Waals surface area contributed by atoms with E-state index in [4.69, 9.17) is 0 Å². The highest BCUT2D eigenvalue weighted by atomic mass is 32.2. The summed E-state index contributed by atoms with van der Waals surface area (Å²) in [7, 11) is -1.56. The number of hydrogen-bond donors (Lipinski definition) is 0. The molecule has 0 bridgehead atoms. The lowest BCUT2D eigenvalue weighted by atomic mass is 9.99. The molecular formula is C32H28N2O3S. The number of benzene rings is 4. The fourth-order valence-electron chi connectivity index (χ4n) is 5.35. The molecule has 0 N–H and O–H groups in total. The van der Waals surface area contributed by atoms with E-state index >= 15 is 0 Å². The predicted molar refractivity (Wildman–Crippen MR) is 149 cm³/mol. The van der Waals surface area contributed by atoms with Crippen molar-refractivity contribution >= 4 is 28.3 Å². The molecule has 0 spiro atoms. The molecule has 1 atom stereocenters. The van der Waals surface area contributed by atoms with Crippen LogP contribution in [0.5, 0.6) is 0 Å². The third-order valence-corrected chi connectivity index (χ3v) is 9.01. The van der Waals surface area contributed by atoms with Gasteiger partial charge in [0.15, 0.2) is 0 Å². The lowest BCUT2D eigenvalue weighted by Gasteiger charge is -2.29. The Hall–Kier alpha value is -4.03. The van der Waals surface area contributed by atoms with E-state index in [-0.39, 0.29) is 11.8 Å². The van der Waals surface area contributed by atoms with Crippen molar-refractivity contribution in [1.29, 1.82) is 0 Å². The van der Waals surface area contributed by atoms with Gasteiger partial charge < -0.3 is 9.80 Å². The fourth-order valence-corrected chi connectivity index (χ4v) is 6.69. The van der Waals surface area contributed by atoms with Gasteiger partial charge in [-0.15, -0.1) is 0 Å². The second-order valence-electron chi connectivity index (χ2n) is 10.0. The van der Waals surface area contributed by atoms with Crippen molar-refractivity contribution in [2.75, 3.05) is 11.4 Å². The number of anilines is 1. The number of carbonyl (C=O) groups is 2. The summed E-state index contributed by atoms with van der Waals surface area (Å²) in [6.45, 7) is 5.56. The first-order chi connectivity index (χ1) is 18.4. The van der Waals surface area contributed by atoms with Crippen molar-refractivity contribution in [3.05, 3.63) is 124 Å². The number of carbonyl (C=O) groups excluding carboxylic acids is 2. The Balaban J connectivity index is 1.44. The molecule has 1 unspecified atom stereocenters. The van der Waals surface area contributed by atoms with Gasteiger partial charge in [-0.05, 0) is 72.9 Å². The van der Waals surface area contributed by atoms with Gasteiger partial charge in [0.2, 0.25) is 0 Å². The molecule has 2 amide bonds. The maximum absolute atomic E-state index is 14.0. The minimum atomic E-state index is -1.56. The lowest BCUT2D eigenvalue weighted by Crippen LogP contribution is -2.36. The van der Waals surface area contributed by atoms with Gasteiger partial charge in [-0.25, -0.2) is 4.21 Å². The Labute approximate surface area is 225 Å². The Morgan fingerprint density at radius 2 is 1.63 bits per heavy atom. The van der Waals surface area contributed by atoms with Crippen LogP contribution in [0.15, 0.2) is 94.7 Å². The minimum absolute atomic E-state index is 0.0889. The summed E-state index contributed by atoms with van der Waals surface area (Å²) in [6, 6.07) is 26.7. The van der Waals surface area contributed by atoms with Crippen LogP contribution in [0.25, 0.3) is 0 Å². The number of amides is 2. The van der Waals surface area contributed by atoms with Crippen molar-refractivity contribution < 1.29 is 13.8 Å². The van der Waals surface area contributed by atoms with Gasteiger partial charge in [0.05, 0.1) is 38.4 Å². The van der Waals surface area contributed by atoms with E-state index in [2.05, 4.69) is 24.3 Å². The predicted octanol–water partition coefficient (Wildman–Crippen LogP) is 5.83. The van der Waals surface area contributed by atoms with Crippen LogP contribution in [-0.4, -0.2) is 27.5 Å². The number of rotatable bonds is 3. The molecule has 0 fully saturated rings. The molecule has 0 aliphatic carbocycles. The molecular weight excluding hydrogens is 492 g/mol. The first kappa shape index (κ1) is 24.3. The molecule has 6 rings (SSSR count). The van der Waals surface area contributed by atoms with Gasteiger partial charge in [0.1, 0.15) is 0 Å². The second kappa shape index (κ2) is 9.69. The monoisotopic (exact) mass is 520 g/mol. The number of aryl methyl sites for hydroxylation is 2. The van der Waals surface area contributed by atoms with Crippen LogP contribution in [0, 0.1) is 13.8 Å². The molecule has 2 aliphatic heterocycles. The van der Waals surface area contributed by atoms with Crippen LogP contribution in [0.4, 0.5) is 5.69 Å². The van der Waals surface area contributed by atoms with Gasteiger partial charge in [-0.1, -0.05) is 60.2 Å². The normalized spacial score (nSPS) is 16.4. The molecule has 4 aromatic carbocycles. The van der Waals surface area contributed by atoms with Crippen LogP contribution in [0.2, 0.25) is 0 Å². The average Bonchev–Trinajstić information content (AvgIpc) is 3.03. The largest absolute Gasteiger partial charge is 0.334 e. The van der Waals surface area contributed by atoms with Crippen molar-refractivity contribution in [3.8, 4) is 0 Å². The maximum Gasteiger partial charge on any atom is 0.259 e. The second-order valence-corrected chi connectivity index (χ2v) is 11.4. The Morgan fingerprint density at radius 3 is 2.47 bits per heavy atom. The van der Waals surface area contributed by atoms with Crippen LogP contribution in [-0.2, 0) is 30.3 Å². The van der Waals surface area contributed by atoms with Crippen LogP contribution in [0.1, 0.15) is 48.5 Å². The SMILES string of the molecule is Cc1ccc(C)c(CN2C(=O)c3ccccc3S(=O)c3ccc(C(=O)N4CCc5ccccc5C4)cc32)c1. The smallest absolute Gasteiger partial charge is 0.259 e. The molecule has 4 aromatic rings. The van der Waals surface area contributed by atoms with Crippen molar-refractivity contribution in [3.63, 3.8) is 0 Å². The highest BCUT2D eigenvalue weighted by molar-refractivity contribution is 7.85. The summed E-state index contributed by atoms with van der Waals surface area (Å²) in [5.74, 6) is -0.306. The van der Waals surface area contributed by atoms with Crippen LogP contribution in [0.3, 0.4) is 0 Å². The maximum atomic E-state index is 14.0. The number of hydrogen-bond acceptors (Lipinski definition) is 3. The summed E-state index contributed by atoms with van der Waals surface area (Å²) < 4.78 is 13.7. The van der Waals surface area contributed by atoms with Crippen molar-refractivity contribution in [1.82, 2.24) is 4.90 Å². The van der Waals surface area contributed by atoms with Gasteiger partial charge in [-0.3, -0.25) is 9.59 Å². The lowest BCUT2D eigenvalue weighted by molar-refractivity contribution is 0.0734. The van der Waals surface area contributed by atoms with Crippen LogP contribution < -0.4 is 4.90 Å². The quantitative estimate of drug-likeness (QED) is 0.342. The van der Waals surface area contributed by atoms with E-state index in [1.165, 1.54) is 5.56 Å². The molecule has 2 heterocycles. The highest BCUT2D eigenvalue weighted by Crippen LogP contribution is 2.37. The van der Waals surface area contributed by atoms with E-state index in [0.29, 0.717) is 46.2 Å². The standard InChI is InChI=1S/C32H28N2O3S/c1-21-11-12-22(2)26(17-21)20-34-28-18-24(31(35)33-16-15-23-7-3-4-8-25(23)19-33)13-14-30(28)38(37)29-10-6-5-9-27(29)32(34)36/h3-14,17-18H,15-16,19-20H2,1-2H3. The van der Waals surface area contributed by atoms with Gasteiger partial charge in [-0.2, -0.15) is 0 Å². The minimum Gasteiger partial charge on any atom is -0.334 e. The first-order valence-electron chi connectivity index (χ1n) is 12.8. The highest BCUT2D eigenvalue weighted by Gasteiger charge is 2.32. The zero-order valence-corrected chi connectivity index (χ0v) is 22.3. The van der Waals surface area contributed by atoms with E-state index in [1.807, 2.05) is 36.9 Å². The zero-order valence-electron chi connectivity index (χ0n) is 21.4. The molecule has 0 radical (unpaired) electrons. The first-order valence-corrected chi connectivity index (χ1v) is 13.9.